The van der Waals surface area contributed by atoms with E-state index < -0.39 is 27.1 Å². The Bertz CT molecular complexity index is 278. The van der Waals surface area contributed by atoms with Crippen LogP contribution in [0.1, 0.15) is 0 Å². The Morgan fingerprint density at radius 1 is 1.13 bits per heavy atom. The van der Waals surface area contributed by atoms with E-state index in [9.17, 15) is 35.3 Å². The SMILES string of the molecule is CN(CC([N+](=O)[O-])([N+](=O)[O-])[N+](=O)[O-])N=O. The van der Waals surface area contributed by atoms with Gasteiger partial charge in [0.2, 0.25) is 0 Å². The maximum absolute atomic E-state index is 10.3. The molecule has 0 radical (unpaired) electrons. The van der Waals surface area contributed by atoms with Crippen LogP contribution in [0.15, 0.2) is 5.29 Å². The van der Waals surface area contributed by atoms with Gasteiger partial charge in [-0.15, -0.1) is 4.91 Å². The summed E-state index contributed by atoms with van der Waals surface area (Å²) in [5, 5.41) is 33.2. The van der Waals surface area contributed by atoms with Crippen LogP contribution in [-0.4, -0.2) is 39.2 Å². The molecule has 0 aromatic rings. The molecule has 12 nitrogen and oxygen atoms in total. The van der Waals surface area contributed by atoms with Gasteiger partial charge < -0.3 is 0 Å². The summed E-state index contributed by atoms with van der Waals surface area (Å²) in [6.07, 6.45) is 0. The van der Waals surface area contributed by atoms with Gasteiger partial charge in [-0.05, 0) is 0 Å². The topological polar surface area (TPSA) is 162 Å². The Labute approximate surface area is 80.9 Å². The molecule has 0 bridgehead atoms. The molecular formula is C3H5N5O7. The number of likely N-dealkylation sites (N-methyl/N-ethyl adjacent to an activating group) is 1. The second-order valence-electron chi connectivity index (χ2n) is 2.44. The summed E-state index contributed by atoms with van der Waals surface area (Å²) in [5.41, 5.74) is 0. The fourth-order valence-electron chi connectivity index (χ4n) is 0.709. The molecule has 12 heteroatoms. The van der Waals surface area contributed by atoms with Crippen molar-refractivity contribution >= 4 is 0 Å². The maximum Gasteiger partial charge on any atom is 0.719 e. The zero-order chi connectivity index (χ0) is 12.2. The third kappa shape index (κ3) is 2.09. The average Bonchev–Trinajstić information content (AvgIpc) is 2.11. The molecule has 0 N–H and O–H groups in total. The molecular weight excluding hydrogens is 218 g/mol. The zero-order valence-electron chi connectivity index (χ0n) is 7.30. The Morgan fingerprint density at radius 2 is 1.47 bits per heavy atom. The van der Waals surface area contributed by atoms with E-state index in [1.807, 2.05) is 0 Å². The summed E-state index contributed by atoms with van der Waals surface area (Å²) in [4.78, 5) is 35.7. The number of nitro groups is 3. The average molecular weight is 223 g/mol. The Hall–Kier alpha value is -2.40. The number of hydrogen-bond donors (Lipinski definition) is 0. The van der Waals surface area contributed by atoms with Gasteiger partial charge in [0.05, 0.1) is 5.29 Å². The van der Waals surface area contributed by atoms with Crippen LogP contribution in [0.5, 0.6) is 0 Å². The van der Waals surface area contributed by atoms with E-state index in [0.717, 1.165) is 7.05 Å². The molecule has 0 atom stereocenters. The van der Waals surface area contributed by atoms with E-state index in [0.29, 0.717) is 0 Å². The van der Waals surface area contributed by atoms with Crippen molar-refractivity contribution in [2.24, 2.45) is 5.29 Å². The van der Waals surface area contributed by atoms with Gasteiger partial charge in [-0.25, -0.2) is 5.01 Å². The van der Waals surface area contributed by atoms with Crippen molar-refractivity contribution in [3.05, 3.63) is 35.3 Å². The first-order valence-electron chi connectivity index (χ1n) is 3.27. The molecule has 0 aliphatic rings. The van der Waals surface area contributed by atoms with Gasteiger partial charge in [-0.1, -0.05) is 0 Å². The van der Waals surface area contributed by atoms with Crippen molar-refractivity contribution in [3.8, 4) is 0 Å². The van der Waals surface area contributed by atoms with Crippen molar-refractivity contribution in [1.29, 1.82) is 0 Å². The van der Waals surface area contributed by atoms with Gasteiger partial charge >= 0.3 is 5.79 Å². The predicted octanol–water partition coefficient (Wildman–Crippen LogP) is -0.916. The Balaban J connectivity index is 5.33. The van der Waals surface area contributed by atoms with E-state index in [4.69, 9.17) is 0 Å². The van der Waals surface area contributed by atoms with Crippen LogP contribution >= 0.6 is 0 Å². The molecule has 15 heavy (non-hydrogen) atoms. The van der Waals surface area contributed by atoms with Crippen LogP contribution in [0.4, 0.5) is 0 Å². The summed E-state index contributed by atoms with van der Waals surface area (Å²) >= 11 is 0. The first-order valence-corrected chi connectivity index (χ1v) is 3.27. The normalized spacial score (nSPS) is 10.5. The highest BCUT2D eigenvalue weighted by Crippen LogP contribution is 2.13. The summed E-state index contributed by atoms with van der Waals surface area (Å²) in [6, 6.07) is 0. The van der Waals surface area contributed by atoms with Gasteiger partial charge in [-0.2, -0.15) is 0 Å². The van der Waals surface area contributed by atoms with Crippen molar-refractivity contribution < 1.29 is 14.8 Å². The smallest absolute Gasteiger partial charge is 0.253 e. The lowest BCUT2D eigenvalue weighted by Gasteiger charge is -2.11. The van der Waals surface area contributed by atoms with Crippen LogP contribution < -0.4 is 0 Å². The minimum absolute atomic E-state index is 0.203. The highest BCUT2D eigenvalue weighted by molar-refractivity contribution is 4.57. The van der Waals surface area contributed by atoms with Crippen molar-refractivity contribution in [1.82, 2.24) is 5.01 Å². The number of nitrogens with zero attached hydrogens (tertiary/aromatic N) is 5. The summed E-state index contributed by atoms with van der Waals surface area (Å²) in [7, 11) is 0.845. The van der Waals surface area contributed by atoms with Crippen molar-refractivity contribution in [2.45, 2.75) is 5.79 Å². The predicted molar refractivity (Wildman–Crippen MR) is 42.1 cm³/mol. The van der Waals surface area contributed by atoms with Crippen molar-refractivity contribution in [2.75, 3.05) is 13.6 Å². The number of rotatable bonds is 6. The molecule has 0 heterocycles. The van der Waals surface area contributed by atoms with E-state index >= 15 is 0 Å². The minimum atomic E-state index is -3.68. The first kappa shape index (κ1) is 12.6. The fourth-order valence-corrected chi connectivity index (χ4v) is 0.709. The molecule has 0 rings (SSSR count). The molecule has 0 aliphatic carbocycles. The summed E-state index contributed by atoms with van der Waals surface area (Å²) in [5.74, 6) is -3.68. The molecule has 0 amide bonds. The number of hydrogen-bond acceptors (Lipinski definition) is 8. The lowest BCUT2D eigenvalue weighted by atomic mass is 10.4. The van der Waals surface area contributed by atoms with Crippen LogP contribution in [0, 0.1) is 35.3 Å². The van der Waals surface area contributed by atoms with E-state index in [-0.39, 0.29) is 5.01 Å². The Kier molecular flexibility index (Phi) is 3.53. The van der Waals surface area contributed by atoms with Crippen molar-refractivity contribution in [3.63, 3.8) is 0 Å². The molecule has 0 aromatic carbocycles. The van der Waals surface area contributed by atoms with Crippen LogP contribution in [0.2, 0.25) is 0 Å². The summed E-state index contributed by atoms with van der Waals surface area (Å²) < 4.78 is 0. The molecule has 0 saturated carbocycles. The van der Waals surface area contributed by atoms with Crippen LogP contribution in [-0.2, 0) is 0 Å². The third-order valence-corrected chi connectivity index (χ3v) is 1.46. The highest BCUT2D eigenvalue weighted by atomic mass is 16.7. The lowest BCUT2D eigenvalue weighted by molar-refractivity contribution is -0.968. The molecule has 0 unspecified atom stereocenters. The Morgan fingerprint density at radius 3 is 1.67 bits per heavy atom. The minimum Gasteiger partial charge on any atom is -0.253 e. The molecule has 0 aliphatic heterocycles. The second-order valence-corrected chi connectivity index (χ2v) is 2.44. The maximum atomic E-state index is 10.3. The standard InChI is InChI=1S/C3H5N5O7/c1-5(4-9)2-3(6(10)11,7(12)13)8(14)15/h2H2,1H3. The molecule has 0 aromatic heterocycles. The fraction of sp³-hybridized carbons (Fsp3) is 1.00. The zero-order valence-corrected chi connectivity index (χ0v) is 7.30. The third-order valence-electron chi connectivity index (χ3n) is 1.46. The first-order chi connectivity index (χ1) is 6.78. The molecule has 0 fully saturated rings. The van der Waals surface area contributed by atoms with E-state index in [1.54, 1.807) is 0 Å². The monoisotopic (exact) mass is 223 g/mol. The molecule has 84 valence electrons. The van der Waals surface area contributed by atoms with E-state index in [2.05, 4.69) is 5.29 Å². The largest absolute Gasteiger partial charge is 0.719 e. The van der Waals surface area contributed by atoms with Crippen LogP contribution in [0.25, 0.3) is 0 Å². The van der Waals surface area contributed by atoms with Gasteiger partial charge in [-0.3, -0.25) is 30.3 Å². The molecule has 0 saturated heterocycles. The quantitative estimate of drug-likeness (QED) is 0.241. The van der Waals surface area contributed by atoms with E-state index in [1.165, 1.54) is 0 Å². The highest BCUT2D eigenvalue weighted by Gasteiger charge is 2.71. The van der Waals surface area contributed by atoms with Gasteiger partial charge in [0, 0.05) is 7.05 Å². The second kappa shape index (κ2) is 4.21. The van der Waals surface area contributed by atoms with Gasteiger partial charge in [0.25, 0.3) is 6.54 Å². The summed E-state index contributed by atoms with van der Waals surface area (Å²) in [6.45, 7) is -1.36. The van der Waals surface area contributed by atoms with Gasteiger partial charge in [0.1, 0.15) is 0 Å². The van der Waals surface area contributed by atoms with Gasteiger partial charge in [0.15, 0.2) is 14.8 Å². The lowest BCUT2D eigenvalue weighted by Crippen LogP contribution is -2.58. The number of nitroso groups, excluding NO2 is 1. The molecule has 0 spiro atoms. The van der Waals surface area contributed by atoms with Crippen LogP contribution in [0.3, 0.4) is 0 Å².